The first-order valence-corrected chi connectivity index (χ1v) is 9.66. The lowest BCUT2D eigenvalue weighted by Gasteiger charge is -2.29. The Bertz CT molecular complexity index is 1250. The van der Waals surface area contributed by atoms with Gasteiger partial charge in [0.05, 0.1) is 43.8 Å². The molecule has 0 unspecified atom stereocenters. The molecule has 2 heterocycles. The number of benzene rings is 2. The quantitative estimate of drug-likeness (QED) is 0.645. The number of aromatic nitrogens is 1. The molecule has 7 nitrogen and oxygen atoms in total. The monoisotopic (exact) mass is 414 g/mol. The van der Waals surface area contributed by atoms with Crippen LogP contribution in [0.5, 0.6) is 17.2 Å². The number of hydrogen-bond donors (Lipinski definition) is 0. The van der Waals surface area contributed by atoms with E-state index >= 15 is 0 Å². The van der Waals surface area contributed by atoms with Crippen LogP contribution >= 0.6 is 0 Å². The molecular formula is C24H18N2O5. The van der Waals surface area contributed by atoms with Crippen molar-refractivity contribution in [1.82, 2.24) is 4.98 Å². The van der Waals surface area contributed by atoms with Crippen LogP contribution in [0.15, 0.2) is 72.4 Å². The fourth-order valence-corrected chi connectivity index (χ4v) is 3.97. The fourth-order valence-electron chi connectivity index (χ4n) is 3.97. The molecule has 0 saturated heterocycles. The number of rotatable bonds is 3. The van der Waals surface area contributed by atoms with Crippen LogP contribution in [0.1, 0.15) is 26.3 Å². The number of anilines is 1. The molecule has 0 radical (unpaired) electrons. The highest BCUT2D eigenvalue weighted by atomic mass is 16.5. The molecule has 5 rings (SSSR count). The molecule has 0 amide bonds. The molecule has 1 aliphatic carbocycles. The zero-order valence-corrected chi connectivity index (χ0v) is 16.9. The first-order valence-electron chi connectivity index (χ1n) is 9.66. The standard InChI is InChI=1S/C24H18N2O5/c1-29-17-9-10-18(30-2)20-19(17)22(27)21-24(23(20)28)31-16-8-4-3-6-14(16)13-26(21)15-7-5-11-25-12-15/h3-12H,13H2,1-2H3. The number of allylic oxidation sites excluding steroid dienone is 2. The van der Waals surface area contributed by atoms with Gasteiger partial charge >= 0.3 is 0 Å². The largest absolute Gasteiger partial charge is 0.496 e. The lowest BCUT2D eigenvalue weighted by atomic mass is 9.88. The van der Waals surface area contributed by atoms with E-state index in [9.17, 15) is 9.59 Å². The molecule has 0 fully saturated rings. The van der Waals surface area contributed by atoms with E-state index in [-0.39, 0.29) is 34.1 Å². The van der Waals surface area contributed by atoms with Gasteiger partial charge in [0.15, 0.2) is 0 Å². The number of carbonyl (C=O) groups excluding carboxylic acids is 2. The summed E-state index contributed by atoms with van der Waals surface area (Å²) in [5.41, 5.74) is 1.95. The third-order valence-electron chi connectivity index (χ3n) is 5.40. The number of Topliss-reactive ketones (excluding diaryl/α,β-unsaturated/α-hetero) is 2. The number of hydrogen-bond acceptors (Lipinski definition) is 7. The number of carbonyl (C=O) groups is 2. The van der Waals surface area contributed by atoms with Crippen LogP contribution in [0.3, 0.4) is 0 Å². The van der Waals surface area contributed by atoms with Gasteiger partial charge in [0.1, 0.15) is 22.9 Å². The van der Waals surface area contributed by atoms with Crippen LogP contribution in [-0.4, -0.2) is 30.8 Å². The lowest BCUT2D eigenvalue weighted by molar-refractivity contribution is 0.0930. The van der Waals surface area contributed by atoms with Crippen molar-refractivity contribution in [3.8, 4) is 17.2 Å². The summed E-state index contributed by atoms with van der Waals surface area (Å²) in [5, 5.41) is 0. The number of ketones is 2. The summed E-state index contributed by atoms with van der Waals surface area (Å²) in [7, 11) is 2.91. The molecule has 2 aromatic carbocycles. The van der Waals surface area contributed by atoms with Gasteiger partial charge in [-0.2, -0.15) is 0 Å². The first kappa shape index (κ1) is 18.9. The maximum absolute atomic E-state index is 13.8. The minimum Gasteiger partial charge on any atom is -0.496 e. The van der Waals surface area contributed by atoms with E-state index in [0.717, 1.165) is 5.56 Å². The second-order valence-electron chi connectivity index (χ2n) is 7.06. The van der Waals surface area contributed by atoms with Gasteiger partial charge in [-0.3, -0.25) is 14.6 Å². The van der Waals surface area contributed by atoms with Gasteiger partial charge in [-0.05, 0) is 30.3 Å². The van der Waals surface area contributed by atoms with Gasteiger partial charge in [-0.15, -0.1) is 0 Å². The Labute approximate surface area is 178 Å². The van der Waals surface area contributed by atoms with Gasteiger partial charge < -0.3 is 19.1 Å². The molecule has 7 heteroatoms. The van der Waals surface area contributed by atoms with Crippen LogP contribution in [-0.2, 0) is 6.54 Å². The van der Waals surface area contributed by atoms with Crippen molar-refractivity contribution in [1.29, 1.82) is 0 Å². The molecule has 3 aromatic rings. The van der Waals surface area contributed by atoms with Crippen LogP contribution in [0.25, 0.3) is 0 Å². The molecule has 2 aliphatic rings. The summed E-state index contributed by atoms with van der Waals surface area (Å²) in [6.45, 7) is 0.335. The molecule has 1 aliphatic heterocycles. The Kier molecular flexibility index (Phi) is 4.43. The smallest absolute Gasteiger partial charge is 0.235 e. The summed E-state index contributed by atoms with van der Waals surface area (Å²) >= 11 is 0. The Hall–Kier alpha value is -4.13. The summed E-state index contributed by atoms with van der Waals surface area (Å²) in [6.07, 6.45) is 3.30. The average molecular weight is 414 g/mol. The predicted molar refractivity (Wildman–Crippen MR) is 113 cm³/mol. The maximum Gasteiger partial charge on any atom is 0.235 e. The lowest BCUT2D eigenvalue weighted by Crippen LogP contribution is -2.34. The summed E-state index contributed by atoms with van der Waals surface area (Å²) in [4.78, 5) is 33.5. The van der Waals surface area contributed by atoms with E-state index in [2.05, 4.69) is 4.98 Å². The molecule has 0 N–H and O–H groups in total. The van der Waals surface area contributed by atoms with Crippen molar-refractivity contribution in [3.63, 3.8) is 0 Å². The minimum absolute atomic E-state index is 0.0437. The Morgan fingerprint density at radius 3 is 2.29 bits per heavy atom. The Balaban J connectivity index is 1.80. The number of fused-ring (bicyclic) bond motifs is 2. The molecule has 31 heavy (non-hydrogen) atoms. The average Bonchev–Trinajstić information content (AvgIpc) is 2.99. The maximum atomic E-state index is 13.8. The number of pyridine rings is 1. The highest BCUT2D eigenvalue weighted by Crippen LogP contribution is 2.43. The van der Waals surface area contributed by atoms with Crippen molar-refractivity contribution >= 4 is 17.3 Å². The van der Waals surface area contributed by atoms with E-state index in [4.69, 9.17) is 14.2 Å². The summed E-state index contributed by atoms with van der Waals surface area (Å²) in [5.74, 6) is 0.247. The fraction of sp³-hybridized carbons (Fsp3) is 0.125. The van der Waals surface area contributed by atoms with Crippen LogP contribution in [0, 0.1) is 0 Å². The molecule has 0 bridgehead atoms. The minimum atomic E-state index is -0.439. The van der Waals surface area contributed by atoms with Crippen molar-refractivity contribution in [2.45, 2.75) is 6.54 Å². The van der Waals surface area contributed by atoms with Crippen molar-refractivity contribution in [2.24, 2.45) is 0 Å². The highest BCUT2D eigenvalue weighted by molar-refractivity contribution is 6.29. The Morgan fingerprint density at radius 2 is 1.61 bits per heavy atom. The third kappa shape index (κ3) is 2.85. The van der Waals surface area contributed by atoms with Crippen molar-refractivity contribution in [2.75, 3.05) is 19.1 Å². The van der Waals surface area contributed by atoms with E-state index in [0.29, 0.717) is 23.7 Å². The number of ether oxygens (including phenoxy) is 3. The van der Waals surface area contributed by atoms with Gasteiger partial charge in [-0.1, -0.05) is 18.2 Å². The van der Waals surface area contributed by atoms with Gasteiger partial charge in [0.25, 0.3) is 0 Å². The first-order chi connectivity index (χ1) is 15.1. The zero-order valence-electron chi connectivity index (χ0n) is 16.9. The molecule has 154 valence electrons. The van der Waals surface area contributed by atoms with Crippen LogP contribution in [0.2, 0.25) is 0 Å². The van der Waals surface area contributed by atoms with Crippen molar-refractivity contribution < 1.29 is 23.8 Å². The summed E-state index contributed by atoms with van der Waals surface area (Å²) < 4.78 is 16.9. The molecule has 0 saturated carbocycles. The van der Waals surface area contributed by atoms with Crippen molar-refractivity contribution in [3.05, 3.63) is 89.1 Å². The van der Waals surface area contributed by atoms with E-state index < -0.39 is 5.78 Å². The van der Waals surface area contributed by atoms with E-state index in [1.807, 2.05) is 24.3 Å². The topological polar surface area (TPSA) is 78.0 Å². The molecule has 0 atom stereocenters. The second kappa shape index (κ2) is 7.28. The van der Waals surface area contributed by atoms with Gasteiger partial charge in [0, 0.05) is 11.8 Å². The number of nitrogens with zero attached hydrogens (tertiary/aromatic N) is 2. The van der Waals surface area contributed by atoms with E-state index in [1.54, 1.807) is 41.6 Å². The normalized spacial score (nSPS) is 14.8. The number of methoxy groups -OCH3 is 2. The molecule has 0 spiro atoms. The predicted octanol–water partition coefficient (Wildman–Crippen LogP) is 3.79. The molecular weight excluding hydrogens is 396 g/mol. The van der Waals surface area contributed by atoms with Crippen LogP contribution in [0.4, 0.5) is 5.69 Å². The third-order valence-corrected chi connectivity index (χ3v) is 5.40. The van der Waals surface area contributed by atoms with Gasteiger partial charge in [-0.25, -0.2) is 0 Å². The van der Waals surface area contributed by atoms with Gasteiger partial charge in [0.2, 0.25) is 17.3 Å². The SMILES string of the molecule is COc1ccc(OC)c2c1C(=O)C1=C(C2=O)N(c2cccnc2)Cc2ccccc2O1. The summed E-state index contributed by atoms with van der Waals surface area (Å²) in [6, 6.07) is 14.2. The highest BCUT2D eigenvalue weighted by Gasteiger charge is 2.43. The Morgan fingerprint density at radius 1 is 0.903 bits per heavy atom. The van der Waals surface area contributed by atoms with Crippen LogP contribution < -0.4 is 19.1 Å². The molecule has 1 aromatic heterocycles. The van der Waals surface area contributed by atoms with E-state index in [1.165, 1.54) is 14.2 Å². The second-order valence-corrected chi connectivity index (χ2v) is 7.06. The number of para-hydroxylation sites is 1. The zero-order chi connectivity index (χ0) is 21.5.